The van der Waals surface area contributed by atoms with Crippen molar-refractivity contribution in [3.8, 4) is 16.9 Å². The smallest absolute Gasteiger partial charge is 0.331 e. The van der Waals surface area contributed by atoms with Gasteiger partial charge in [-0.25, -0.2) is 4.79 Å². The van der Waals surface area contributed by atoms with Crippen molar-refractivity contribution in [2.24, 2.45) is 0 Å². The Kier molecular flexibility index (Phi) is 5.80. The molecule has 0 saturated heterocycles. The third-order valence-electron chi connectivity index (χ3n) is 5.20. The van der Waals surface area contributed by atoms with Gasteiger partial charge >= 0.3 is 5.97 Å². The molecule has 1 N–H and O–H groups in total. The molecule has 30 heavy (non-hydrogen) atoms. The highest BCUT2D eigenvalue weighted by molar-refractivity contribution is 5.94. The van der Waals surface area contributed by atoms with Crippen molar-refractivity contribution in [1.29, 1.82) is 0 Å². The number of carbonyl (C=O) groups is 1. The van der Waals surface area contributed by atoms with E-state index in [0.29, 0.717) is 31.7 Å². The quantitative estimate of drug-likeness (QED) is 0.629. The fraction of sp³-hybridized carbons (Fsp3) is 0.200. The van der Waals surface area contributed by atoms with Gasteiger partial charge in [-0.3, -0.25) is 4.98 Å². The maximum Gasteiger partial charge on any atom is 0.331 e. The van der Waals surface area contributed by atoms with Crippen LogP contribution in [-0.2, 0) is 11.3 Å². The van der Waals surface area contributed by atoms with Crippen LogP contribution in [0.2, 0.25) is 0 Å². The largest absolute Gasteiger partial charge is 0.493 e. The van der Waals surface area contributed by atoms with Crippen LogP contribution in [0.1, 0.15) is 24.6 Å². The average Bonchev–Trinajstić information content (AvgIpc) is 2.94. The van der Waals surface area contributed by atoms with Crippen molar-refractivity contribution < 1.29 is 14.6 Å². The molecular weight excluding hydrogens is 376 g/mol. The van der Waals surface area contributed by atoms with Gasteiger partial charge in [0, 0.05) is 29.6 Å². The molecule has 0 fully saturated rings. The first-order valence-corrected chi connectivity index (χ1v) is 10.1. The molecule has 1 aliphatic heterocycles. The standard InChI is InChI=1S/C25H24N2O3/c1-2-30-24-9-4-3-8-22(24)18-10-11-23-20(15-18)16-19(25(28)29)12-14-27(23)17-21-7-5-6-13-26-21/h3-11,13,15-16H,2,12,14,17H2,1H3,(H,28,29). The lowest BCUT2D eigenvalue weighted by molar-refractivity contribution is -0.132. The molecule has 1 aliphatic rings. The topological polar surface area (TPSA) is 62.7 Å². The van der Waals surface area contributed by atoms with Gasteiger partial charge in [-0.15, -0.1) is 0 Å². The van der Waals surface area contributed by atoms with Gasteiger partial charge in [0.1, 0.15) is 5.75 Å². The Labute approximate surface area is 176 Å². The zero-order valence-corrected chi connectivity index (χ0v) is 16.9. The molecule has 0 bridgehead atoms. The van der Waals surface area contributed by atoms with Crippen molar-refractivity contribution in [3.05, 3.63) is 83.7 Å². The number of pyridine rings is 1. The number of hydrogen-bond donors (Lipinski definition) is 1. The summed E-state index contributed by atoms with van der Waals surface area (Å²) < 4.78 is 5.79. The number of ether oxygens (including phenoxy) is 1. The Morgan fingerprint density at radius 3 is 2.73 bits per heavy atom. The van der Waals surface area contributed by atoms with E-state index in [1.165, 1.54) is 0 Å². The summed E-state index contributed by atoms with van der Waals surface area (Å²) in [5.41, 5.74) is 5.26. The minimum Gasteiger partial charge on any atom is -0.493 e. The summed E-state index contributed by atoms with van der Waals surface area (Å²) in [6, 6.07) is 20.0. The van der Waals surface area contributed by atoms with E-state index in [4.69, 9.17) is 4.74 Å². The van der Waals surface area contributed by atoms with E-state index in [-0.39, 0.29) is 0 Å². The number of fused-ring (bicyclic) bond motifs is 1. The Balaban J connectivity index is 1.77. The maximum atomic E-state index is 11.8. The van der Waals surface area contributed by atoms with Gasteiger partial charge in [-0.2, -0.15) is 0 Å². The Hall–Kier alpha value is -3.60. The van der Waals surface area contributed by atoms with E-state index in [0.717, 1.165) is 33.8 Å². The molecule has 0 radical (unpaired) electrons. The summed E-state index contributed by atoms with van der Waals surface area (Å²) in [6.45, 7) is 3.80. The second-order valence-corrected chi connectivity index (χ2v) is 7.17. The number of aliphatic carboxylic acids is 1. The molecule has 0 spiro atoms. The number of rotatable bonds is 6. The van der Waals surface area contributed by atoms with E-state index in [1.54, 1.807) is 12.3 Å². The number of para-hydroxylation sites is 1. The molecule has 3 aromatic rings. The SMILES string of the molecule is CCOc1ccccc1-c1ccc2c(c1)C=C(C(=O)O)CCN2Cc1ccccn1. The molecule has 4 rings (SSSR count). The highest BCUT2D eigenvalue weighted by atomic mass is 16.5. The van der Waals surface area contributed by atoms with Gasteiger partial charge in [-0.05, 0) is 60.9 Å². The van der Waals surface area contributed by atoms with Crippen LogP contribution in [0.5, 0.6) is 5.75 Å². The molecule has 0 amide bonds. The number of carboxylic acid groups (broad SMARTS) is 1. The van der Waals surface area contributed by atoms with Gasteiger partial charge < -0.3 is 14.7 Å². The van der Waals surface area contributed by atoms with Crippen LogP contribution in [0.4, 0.5) is 5.69 Å². The highest BCUT2D eigenvalue weighted by Crippen LogP contribution is 2.36. The second kappa shape index (κ2) is 8.82. The summed E-state index contributed by atoms with van der Waals surface area (Å²) in [6.07, 6.45) is 4.05. The third-order valence-corrected chi connectivity index (χ3v) is 5.20. The molecule has 5 heteroatoms. The summed E-state index contributed by atoms with van der Waals surface area (Å²) in [7, 11) is 0. The van der Waals surface area contributed by atoms with E-state index in [9.17, 15) is 9.90 Å². The van der Waals surface area contributed by atoms with Crippen LogP contribution >= 0.6 is 0 Å². The minimum atomic E-state index is -0.874. The van der Waals surface area contributed by atoms with Gasteiger partial charge in [0.15, 0.2) is 0 Å². The second-order valence-electron chi connectivity index (χ2n) is 7.17. The number of hydrogen-bond acceptors (Lipinski definition) is 4. The molecule has 2 heterocycles. The number of carboxylic acids is 1. The summed E-state index contributed by atoms with van der Waals surface area (Å²) in [5.74, 6) is -0.0536. The minimum absolute atomic E-state index is 0.412. The number of benzene rings is 2. The van der Waals surface area contributed by atoms with Crippen LogP contribution in [0, 0.1) is 0 Å². The van der Waals surface area contributed by atoms with Crippen molar-refractivity contribution >= 4 is 17.7 Å². The summed E-state index contributed by atoms with van der Waals surface area (Å²) in [5, 5.41) is 9.65. The molecule has 0 saturated carbocycles. The van der Waals surface area contributed by atoms with Crippen LogP contribution in [0.25, 0.3) is 17.2 Å². The van der Waals surface area contributed by atoms with E-state index >= 15 is 0 Å². The van der Waals surface area contributed by atoms with Gasteiger partial charge in [-0.1, -0.05) is 30.3 Å². The number of aromatic nitrogens is 1. The highest BCUT2D eigenvalue weighted by Gasteiger charge is 2.20. The Morgan fingerprint density at radius 2 is 1.97 bits per heavy atom. The normalized spacial score (nSPS) is 13.2. The predicted molar refractivity (Wildman–Crippen MR) is 119 cm³/mol. The zero-order chi connectivity index (χ0) is 20.9. The van der Waals surface area contributed by atoms with Crippen LogP contribution in [0.15, 0.2) is 72.4 Å². The monoisotopic (exact) mass is 400 g/mol. The average molecular weight is 400 g/mol. The third kappa shape index (κ3) is 4.20. The van der Waals surface area contributed by atoms with Gasteiger partial charge in [0.2, 0.25) is 0 Å². The lowest BCUT2D eigenvalue weighted by atomic mass is 9.99. The number of nitrogens with zero attached hydrogens (tertiary/aromatic N) is 2. The van der Waals surface area contributed by atoms with Gasteiger partial charge in [0.25, 0.3) is 0 Å². The summed E-state index contributed by atoms with van der Waals surface area (Å²) in [4.78, 5) is 18.4. The molecule has 5 nitrogen and oxygen atoms in total. The van der Waals surface area contributed by atoms with Crippen LogP contribution in [0.3, 0.4) is 0 Å². The summed E-state index contributed by atoms with van der Waals surface area (Å²) >= 11 is 0. The van der Waals surface area contributed by atoms with Crippen molar-refractivity contribution in [2.45, 2.75) is 19.9 Å². The lowest BCUT2D eigenvalue weighted by Gasteiger charge is -2.25. The molecule has 0 unspecified atom stereocenters. The van der Waals surface area contributed by atoms with Crippen molar-refractivity contribution in [2.75, 3.05) is 18.1 Å². The fourth-order valence-electron chi connectivity index (χ4n) is 3.77. The fourth-order valence-corrected chi connectivity index (χ4v) is 3.77. The first-order chi connectivity index (χ1) is 14.7. The molecule has 2 aromatic carbocycles. The Bertz CT molecular complexity index is 1080. The number of anilines is 1. The van der Waals surface area contributed by atoms with E-state index in [2.05, 4.69) is 22.0 Å². The zero-order valence-electron chi connectivity index (χ0n) is 16.9. The van der Waals surface area contributed by atoms with E-state index in [1.807, 2.05) is 55.5 Å². The lowest BCUT2D eigenvalue weighted by Crippen LogP contribution is -2.25. The first kappa shape index (κ1) is 19.7. The maximum absolute atomic E-state index is 11.8. The van der Waals surface area contributed by atoms with Crippen LogP contribution in [-0.4, -0.2) is 29.2 Å². The van der Waals surface area contributed by atoms with Crippen LogP contribution < -0.4 is 9.64 Å². The first-order valence-electron chi connectivity index (χ1n) is 10.1. The Morgan fingerprint density at radius 1 is 1.13 bits per heavy atom. The van der Waals surface area contributed by atoms with E-state index < -0.39 is 5.97 Å². The van der Waals surface area contributed by atoms with Crippen molar-refractivity contribution in [1.82, 2.24) is 4.98 Å². The molecule has 0 atom stereocenters. The van der Waals surface area contributed by atoms with Crippen molar-refractivity contribution in [3.63, 3.8) is 0 Å². The van der Waals surface area contributed by atoms with Gasteiger partial charge in [0.05, 0.1) is 18.8 Å². The predicted octanol–water partition coefficient (Wildman–Crippen LogP) is 5.03. The molecule has 0 aliphatic carbocycles. The molecule has 152 valence electrons. The molecular formula is C25H24N2O3. The molecule has 1 aromatic heterocycles.